The van der Waals surface area contributed by atoms with E-state index in [4.69, 9.17) is 5.73 Å². The largest absolute Gasteiger partial charge is 0.365 e. The van der Waals surface area contributed by atoms with Crippen molar-refractivity contribution in [2.75, 3.05) is 5.32 Å². The fourth-order valence-corrected chi connectivity index (χ4v) is 5.75. The third-order valence-corrected chi connectivity index (χ3v) is 7.37. The highest BCUT2D eigenvalue weighted by atomic mass is 32.1. The van der Waals surface area contributed by atoms with Crippen LogP contribution in [0.5, 0.6) is 0 Å². The lowest BCUT2D eigenvalue weighted by Gasteiger charge is -2.33. The van der Waals surface area contributed by atoms with Gasteiger partial charge in [-0.1, -0.05) is 26.8 Å². The standard InChI is InChI=1S/C23H28N4O2S/c1-12-7-6-10-27-18(13(2)25-20(12)27)21(29)26-22-17(19(24)28)15-9-8-14(23(3,4)5)11-16(15)30-22/h6-7,10,14H,8-9,11H2,1-5H3,(H2,24,28)(H,26,29). The number of nitrogens with zero attached hydrogens (tertiary/aromatic N) is 2. The molecule has 0 aliphatic heterocycles. The first-order valence-electron chi connectivity index (χ1n) is 10.3. The predicted octanol–water partition coefficient (Wildman–Crippen LogP) is 4.51. The fourth-order valence-electron chi connectivity index (χ4n) is 4.43. The Balaban J connectivity index is 1.72. The number of hydrogen-bond donors (Lipinski definition) is 2. The van der Waals surface area contributed by atoms with Gasteiger partial charge in [0.05, 0.1) is 11.3 Å². The fraction of sp³-hybridized carbons (Fsp3) is 0.435. The molecule has 3 aromatic heterocycles. The molecule has 0 spiro atoms. The van der Waals surface area contributed by atoms with E-state index in [0.29, 0.717) is 27.9 Å². The number of thiophene rings is 1. The lowest BCUT2D eigenvalue weighted by Crippen LogP contribution is -2.27. The number of carbonyl (C=O) groups is 2. The van der Waals surface area contributed by atoms with E-state index in [-0.39, 0.29) is 11.3 Å². The number of aryl methyl sites for hydroxylation is 2. The monoisotopic (exact) mass is 424 g/mol. The lowest BCUT2D eigenvalue weighted by molar-refractivity contribution is 0.1000. The van der Waals surface area contributed by atoms with E-state index in [0.717, 1.165) is 40.9 Å². The molecule has 0 aromatic carbocycles. The van der Waals surface area contributed by atoms with Gasteiger partial charge in [-0.25, -0.2) is 4.98 Å². The number of anilines is 1. The molecular weight excluding hydrogens is 396 g/mol. The van der Waals surface area contributed by atoms with E-state index in [2.05, 4.69) is 31.1 Å². The SMILES string of the molecule is Cc1nc2c(C)cccn2c1C(=O)Nc1sc2c(c1C(N)=O)CCC(C(C)(C)C)C2. The molecule has 0 fully saturated rings. The number of hydrogen-bond acceptors (Lipinski definition) is 4. The van der Waals surface area contributed by atoms with Gasteiger partial charge in [-0.15, -0.1) is 11.3 Å². The maximum absolute atomic E-state index is 13.2. The number of pyridine rings is 1. The van der Waals surface area contributed by atoms with Gasteiger partial charge in [0, 0.05) is 11.1 Å². The van der Waals surface area contributed by atoms with E-state index < -0.39 is 5.91 Å². The van der Waals surface area contributed by atoms with Gasteiger partial charge in [-0.2, -0.15) is 0 Å². The van der Waals surface area contributed by atoms with Crippen LogP contribution in [0, 0.1) is 25.2 Å². The second kappa shape index (κ2) is 7.23. The number of carbonyl (C=O) groups excluding carboxylic acids is 2. The quantitative estimate of drug-likeness (QED) is 0.648. The first kappa shape index (κ1) is 20.6. The van der Waals surface area contributed by atoms with Crippen molar-refractivity contribution in [2.24, 2.45) is 17.1 Å². The summed E-state index contributed by atoms with van der Waals surface area (Å²) < 4.78 is 1.80. The molecule has 30 heavy (non-hydrogen) atoms. The van der Waals surface area contributed by atoms with Crippen LogP contribution in [0.2, 0.25) is 0 Å². The molecule has 1 unspecified atom stereocenters. The maximum atomic E-state index is 13.2. The average molecular weight is 425 g/mol. The summed E-state index contributed by atoms with van der Waals surface area (Å²) in [6, 6.07) is 3.86. The van der Waals surface area contributed by atoms with Gasteiger partial charge in [-0.3, -0.25) is 14.0 Å². The van der Waals surface area contributed by atoms with Gasteiger partial charge in [-0.05, 0) is 61.6 Å². The molecule has 2 amide bonds. The summed E-state index contributed by atoms with van der Waals surface area (Å²) in [5, 5.41) is 3.53. The number of rotatable bonds is 3. The molecule has 0 saturated carbocycles. The average Bonchev–Trinajstić information content (AvgIpc) is 3.17. The lowest BCUT2D eigenvalue weighted by atomic mass is 9.72. The smallest absolute Gasteiger partial charge is 0.275 e. The summed E-state index contributed by atoms with van der Waals surface area (Å²) in [6.07, 6.45) is 4.58. The molecule has 1 aliphatic carbocycles. The van der Waals surface area contributed by atoms with Crippen LogP contribution in [0.15, 0.2) is 18.3 Å². The zero-order valence-electron chi connectivity index (χ0n) is 18.1. The number of amides is 2. The minimum Gasteiger partial charge on any atom is -0.365 e. The van der Waals surface area contributed by atoms with Gasteiger partial charge in [0.25, 0.3) is 11.8 Å². The highest BCUT2D eigenvalue weighted by Gasteiger charge is 2.34. The second-order valence-corrected chi connectivity index (χ2v) is 10.4. The van der Waals surface area contributed by atoms with Crippen molar-refractivity contribution >= 4 is 33.8 Å². The minimum absolute atomic E-state index is 0.198. The van der Waals surface area contributed by atoms with Crippen LogP contribution in [0.25, 0.3) is 5.65 Å². The van der Waals surface area contributed by atoms with Gasteiger partial charge in [0.2, 0.25) is 0 Å². The summed E-state index contributed by atoms with van der Waals surface area (Å²) >= 11 is 1.49. The highest BCUT2D eigenvalue weighted by Crippen LogP contribution is 2.44. The Bertz CT molecular complexity index is 1170. The third-order valence-electron chi connectivity index (χ3n) is 6.20. The molecule has 1 atom stereocenters. The molecule has 3 heterocycles. The number of primary amides is 1. The molecule has 158 valence electrons. The van der Waals surface area contributed by atoms with Crippen LogP contribution in [-0.4, -0.2) is 21.2 Å². The zero-order chi connectivity index (χ0) is 21.8. The summed E-state index contributed by atoms with van der Waals surface area (Å²) in [6.45, 7) is 10.5. The van der Waals surface area contributed by atoms with Gasteiger partial charge in [0.1, 0.15) is 16.3 Å². The Morgan fingerprint density at radius 1 is 1.30 bits per heavy atom. The number of fused-ring (bicyclic) bond motifs is 2. The third kappa shape index (κ3) is 3.41. The van der Waals surface area contributed by atoms with Crippen LogP contribution in [0.1, 0.15) is 69.7 Å². The molecule has 4 rings (SSSR count). The highest BCUT2D eigenvalue weighted by molar-refractivity contribution is 7.17. The van der Waals surface area contributed by atoms with Crippen molar-refractivity contribution < 1.29 is 9.59 Å². The van der Waals surface area contributed by atoms with Crippen molar-refractivity contribution in [3.63, 3.8) is 0 Å². The Kier molecular flexibility index (Phi) is 4.97. The van der Waals surface area contributed by atoms with Crippen LogP contribution in [0.3, 0.4) is 0 Å². The van der Waals surface area contributed by atoms with Crippen LogP contribution >= 0.6 is 11.3 Å². The molecule has 1 aliphatic rings. The van der Waals surface area contributed by atoms with Crippen LogP contribution in [0.4, 0.5) is 5.00 Å². The summed E-state index contributed by atoms with van der Waals surface area (Å²) in [5.74, 6) is -0.223. The Morgan fingerprint density at radius 2 is 2.03 bits per heavy atom. The number of nitrogens with one attached hydrogen (secondary N) is 1. The van der Waals surface area contributed by atoms with Crippen molar-refractivity contribution in [3.8, 4) is 0 Å². The Morgan fingerprint density at radius 3 is 2.70 bits per heavy atom. The van der Waals surface area contributed by atoms with E-state index in [1.807, 2.05) is 32.2 Å². The van der Waals surface area contributed by atoms with Crippen molar-refractivity contribution in [1.82, 2.24) is 9.38 Å². The van der Waals surface area contributed by atoms with Crippen LogP contribution in [-0.2, 0) is 12.8 Å². The minimum atomic E-state index is -0.484. The van der Waals surface area contributed by atoms with E-state index in [1.54, 1.807) is 4.40 Å². The van der Waals surface area contributed by atoms with E-state index in [9.17, 15) is 9.59 Å². The number of nitrogens with two attached hydrogens (primary N) is 1. The normalized spacial score (nSPS) is 16.5. The van der Waals surface area contributed by atoms with Gasteiger partial charge < -0.3 is 11.1 Å². The molecule has 0 saturated heterocycles. The summed E-state index contributed by atoms with van der Waals surface area (Å²) in [5.41, 5.74) is 10.3. The summed E-state index contributed by atoms with van der Waals surface area (Å²) in [7, 11) is 0. The topological polar surface area (TPSA) is 89.5 Å². The molecule has 3 aromatic rings. The van der Waals surface area contributed by atoms with Crippen LogP contribution < -0.4 is 11.1 Å². The predicted molar refractivity (Wildman–Crippen MR) is 120 cm³/mol. The Hall–Kier alpha value is -2.67. The number of imidazole rings is 1. The molecule has 0 bridgehead atoms. The first-order chi connectivity index (χ1) is 14.1. The van der Waals surface area contributed by atoms with Crippen molar-refractivity contribution in [3.05, 3.63) is 51.3 Å². The van der Waals surface area contributed by atoms with Crippen molar-refractivity contribution in [2.45, 2.75) is 53.9 Å². The van der Waals surface area contributed by atoms with Gasteiger partial charge >= 0.3 is 0 Å². The molecular formula is C23H28N4O2S. The molecule has 7 heteroatoms. The van der Waals surface area contributed by atoms with Gasteiger partial charge in [0.15, 0.2) is 0 Å². The molecule has 6 nitrogen and oxygen atoms in total. The summed E-state index contributed by atoms with van der Waals surface area (Å²) in [4.78, 5) is 31.2. The Labute approximate surface area is 180 Å². The second-order valence-electron chi connectivity index (χ2n) is 9.26. The molecule has 0 radical (unpaired) electrons. The molecule has 3 N–H and O–H groups in total. The zero-order valence-corrected chi connectivity index (χ0v) is 18.9. The maximum Gasteiger partial charge on any atom is 0.275 e. The van der Waals surface area contributed by atoms with Crippen molar-refractivity contribution in [1.29, 1.82) is 0 Å². The van der Waals surface area contributed by atoms with E-state index >= 15 is 0 Å². The number of aromatic nitrogens is 2. The first-order valence-corrected chi connectivity index (χ1v) is 11.1. The van der Waals surface area contributed by atoms with E-state index in [1.165, 1.54) is 11.3 Å².